The number of amides is 1. The van der Waals surface area contributed by atoms with Crippen molar-refractivity contribution >= 4 is 12.1 Å². The molecule has 1 aliphatic rings. The topological polar surface area (TPSA) is 94.8 Å². The number of rotatable bonds is 4. The molecule has 0 aliphatic carbocycles. The van der Waals surface area contributed by atoms with Crippen LogP contribution in [0.1, 0.15) is 39.5 Å². The van der Waals surface area contributed by atoms with E-state index in [1.807, 2.05) is 51.1 Å². The highest BCUT2D eigenvalue weighted by molar-refractivity contribution is 5.75. The van der Waals surface area contributed by atoms with Crippen LogP contribution in [0.2, 0.25) is 0 Å². The van der Waals surface area contributed by atoms with E-state index in [9.17, 15) is 9.59 Å². The summed E-state index contributed by atoms with van der Waals surface area (Å²) in [6.45, 7) is 6.20. The van der Waals surface area contributed by atoms with Crippen molar-refractivity contribution in [2.24, 2.45) is 5.92 Å². The second-order valence-electron chi connectivity index (χ2n) is 7.74. The molecule has 0 radical (unpaired) electrons. The Hall–Kier alpha value is -2.90. The van der Waals surface area contributed by atoms with Crippen molar-refractivity contribution in [1.29, 1.82) is 0 Å². The Bertz CT molecular complexity index is 813. The number of aromatic nitrogens is 2. The number of benzene rings is 1. The zero-order valence-corrected chi connectivity index (χ0v) is 16.4. The third-order valence-electron chi connectivity index (χ3n) is 4.23. The SMILES string of the molecule is CC(C)(C)OC(=O)N1CCCC(C(=O)OCc2nnc(-c3ccccc3)o2)C1. The fourth-order valence-electron chi connectivity index (χ4n) is 2.92. The van der Waals surface area contributed by atoms with Gasteiger partial charge in [0.05, 0.1) is 5.92 Å². The van der Waals surface area contributed by atoms with Crippen LogP contribution in [-0.2, 0) is 20.9 Å². The fourth-order valence-corrected chi connectivity index (χ4v) is 2.92. The molecular weight excluding hydrogens is 362 g/mol. The first kappa shape index (κ1) is 19.9. The number of carbonyl (C=O) groups is 2. The molecule has 8 heteroatoms. The molecule has 2 aromatic rings. The smallest absolute Gasteiger partial charge is 0.410 e. The Morgan fingerprint density at radius 3 is 2.68 bits per heavy atom. The zero-order valence-electron chi connectivity index (χ0n) is 16.4. The molecule has 8 nitrogen and oxygen atoms in total. The predicted molar refractivity (Wildman–Crippen MR) is 100 cm³/mol. The average molecular weight is 387 g/mol. The molecular formula is C20H25N3O5. The van der Waals surface area contributed by atoms with Crippen LogP contribution in [0.3, 0.4) is 0 Å². The maximum Gasteiger partial charge on any atom is 0.410 e. The van der Waals surface area contributed by atoms with Crippen LogP contribution in [0.5, 0.6) is 0 Å². The maximum atomic E-state index is 12.4. The minimum Gasteiger partial charge on any atom is -0.455 e. The Kier molecular flexibility index (Phi) is 5.96. The molecule has 0 N–H and O–H groups in total. The summed E-state index contributed by atoms with van der Waals surface area (Å²) in [5, 5.41) is 7.88. The Labute approximate surface area is 163 Å². The van der Waals surface area contributed by atoms with Crippen molar-refractivity contribution < 1.29 is 23.5 Å². The van der Waals surface area contributed by atoms with Gasteiger partial charge >= 0.3 is 12.1 Å². The van der Waals surface area contributed by atoms with Crippen LogP contribution >= 0.6 is 0 Å². The van der Waals surface area contributed by atoms with Gasteiger partial charge < -0.3 is 18.8 Å². The van der Waals surface area contributed by atoms with Crippen LogP contribution in [-0.4, -0.2) is 45.9 Å². The van der Waals surface area contributed by atoms with Gasteiger partial charge in [0.15, 0.2) is 6.61 Å². The predicted octanol–water partition coefficient (Wildman–Crippen LogP) is 3.43. The monoisotopic (exact) mass is 387 g/mol. The van der Waals surface area contributed by atoms with Gasteiger partial charge in [-0.25, -0.2) is 4.79 Å². The number of ether oxygens (including phenoxy) is 2. The van der Waals surface area contributed by atoms with E-state index in [0.29, 0.717) is 18.9 Å². The highest BCUT2D eigenvalue weighted by atomic mass is 16.6. The van der Waals surface area contributed by atoms with Crippen molar-refractivity contribution in [3.8, 4) is 11.5 Å². The minimum atomic E-state index is -0.570. The fraction of sp³-hybridized carbons (Fsp3) is 0.500. The number of carbonyl (C=O) groups excluding carboxylic acids is 2. The molecule has 0 saturated carbocycles. The highest BCUT2D eigenvalue weighted by Gasteiger charge is 2.32. The van der Waals surface area contributed by atoms with Gasteiger partial charge in [-0.15, -0.1) is 10.2 Å². The van der Waals surface area contributed by atoms with E-state index < -0.39 is 17.6 Å². The molecule has 1 amide bonds. The summed E-state index contributed by atoms with van der Waals surface area (Å²) in [6.07, 6.45) is 0.976. The van der Waals surface area contributed by atoms with Crippen LogP contribution in [0.25, 0.3) is 11.5 Å². The summed E-state index contributed by atoms with van der Waals surface area (Å²) in [5.74, 6) is -0.169. The molecule has 28 heavy (non-hydrogen) atoms. The Morgan fingerprint density at radius 2 is 1.96 bits per heavy atom. The van der Waals surface area contributed by atoms with Gasteiger partial charge in [-0.3, -0.25) is 4.79 Å². The van der Waals surface area contributed by atoms with Crippen molar-refractivity contribution in [2.45, 2.75) is 45.8 Å². The van der Waals surface area contributed by atoms with E-state index in [1.165, 1.54) is 0 Å². The minimum absolute atomic E-state index is 0.0956. The molecule has 1 aliphatic heterocycles. The molecule has 1 aromatic carbocycles. The van der Waals surface area contributed by atoms with E-state index in [-0.39, 0.29) is 25.0 Å². The third kappa shape index (κ3) is 5.31. The van der Waals surface area contributed by atoms with Gasteiger partial charge in [0, 0.05) is 18.7 Å². The van der Waals surface area contributed by atoms with E-state index >= 15 is 0 Å². The van der Waals surface area contributed by atoms with Gasteiger partial charge in [0.1, 0.15) is 5.60 Å². The molecule has 1 unspecified atom stereocenters. The largest absolute Gasteiger partial charge is 0.455 e. The zero-order chi connectivity index (χ0) is 20.1. The van der Waals surface area contributed by atoms with Gasteiger partial charge in [0.25, 0.3) is 5.89 Å². The quantitative estimate of drug-likeness (QED) is 0.742. The summed E-state index contributed by atoms with van der Waals surface area (Å²) in [4.78, 5) is 26.2. The van der Waals surface area contributed by atoms with Crippen LogP contribution in [0.4, 0.5) is 4.79 Å². The van der Waals surface area contributed by atoms with E-state index in [4.69, 9.17) is 13.9 Å². The van der Waals surface area contributed by atoms with E-state index in [2.05, 4.69) is 10.2 Å². The first-order valence-electron chi connectivity index (χ1n) is 9.34. The average Bonchev–Trinajstić information content (AvgIpc) is 3.15. The summed E-state index contributed by atoms with van der Waals surface area (Å²) in [6, 6.07) is 9.36. The van der Waals surface area contributed by atoms with Crippen molar-refractivity contribution in [3.05, 3.63) is 36.2 Å². The maximum absolute atomic E-state index is 12.4. The second kappa shape index (κ2) is 8.41. The van der Waals surface area contributed by atoms with Crippen molar-refractivity contribution in [3.63, 3.8) is 0 Å². The third-order valence-corrected chi connectivity index (χ3v) is 4.23. The van der Waals surface area contributed by atoms with Gasteiger partial charge in [-0.2, -0.15) is 0 Å². The number of likely N-dealkylation sites (tertiary alicyclic amines) is 1. The van der Waals surface area contributed by atoms with Crippen LogP contribution in [0, 0.1) is 5.92 Å². The Balaban J connectivity index is 1.52. The summed E-state index contributed by atoms with van der Waals surface area (Å²) < 4.78 is 16.3. The normalized spacial score (nSPS) is 17.2. The lowest BCUT2D eigenvalue weighted by molar-refractivity contribution is -0.152. The molecule has 150 valence electrons. The number of nitrogens with zero attached hydrogens (tertiary/aromatic N) is 3. The molecule has 2 heterocycles. The standard InChI is InChI=1S/C20H25N3O5/c1-20(2,3)28-19(25)23-11-7-10-15(12-23)18(24)26-13-16-21-22-17(27-16)14-8-5-4-6-9-14/h4-6,8-9,15H,7,10-13H2,1-3H3. The Morgan fingerprint density at radius 1 is 1.21 bits per heavy atom. The highest BCUT2D eigenvalue weighted by Crippen LogP contribution is 2.22. The first-order valence-corrected chi connectivity index (χ1v) is 9.34. The van der Waals surface area contributed by atoms with Crippen LogP contribution in [0.15, 0.2) is 34.7 Å². The molecule has 3 rings (SSSR count). The number of hydrogen-bond acceptors (Lipinski definition) is 7. The lowest BCUT2D eigenvalue weighted by atomic mass is 9.98. The van der Waals surface area contributed by atoms with Crippen LogP contribution < -0.4 is 0 Å². The molecule has 1 atom stereocenters. The molecule has 1 fully saturated rings. The van der Waals surface area contributed by atoms with Crippen molar-refractivity contribution in [2.75, 3.05) is 13.1 Å². The lowest BCUT2D eigenvalue weighted by Crippen LogP contribution is -2.45. The number of piperidine rings is 1. The molecule has 0 spiro atoms. The number of esters is 1. The molecule has 1 saturated heterocycles. The summed E-state index contributed by atoms with van der Waals surface area (Å²) >= 11 is 0. The second-order valence-corrected chi connectivity index (χ2v) is 7.74. The molecule has 0 bridgehead atoms. The lowest BCUT2D eigenvalue weighted by Gasteiger charge is -2.33. The van der Waals surface area contributed by atoms with Gasteiger partial charge in [0.2, 0.25) is 5.89 Å². The van der Waals surface area contributed by atoms with Gasteiger partial charge in [-0.1, -0.05) is 18.2 Å². The summed E-state index contributed by atoms with van der Waals surface area (Å²) in [5.41, 5.74) is 0.228. The first-order chi connectivity index (χ1) is 13.3. The van der Waals surface area contributed by atoms with Crippen molar-refractivity contribution in [1.82, 2.24) is 15.1 Å². The number of hydrogen-bond donors (Lipinski definition) is 0. The van der Waals surface area contributed by atoms with E-state index in [0.717, 1.165) is 12.0 Å². The van der Waals surface area contributed by atoms with E-state index in [1.54, 1.807) is 4.90 Å². The molecule has 1 aromatic heterocycles. The van der Waals surface area contributed by atoms with Gasteiger partial charge in [-0.05, 0) is 45.7 Å². The summed E-state index contributed by atoms with van der Waals surface area (Å²) in [7, 11) is 0.